The highest BCUT2D eigenvalue weighted by Gasteiger charge is 2.33. The molecule has 0 aromatic heterocycles. The first kappa shape index (κ1) is 18.2. The summed E-state index contributed by atoms with van der Waals surface area (Å²) in [4.78, 5) is 24.1. The smallest absolute Gasteiger partial charge is 0.338 e. The normalized spacial score (nSPS) is 18.3. The molecule has 1 aliphatic heterocycles. The van der Waals surface area contributed by atoms with Gasteiger partial charge in [0.15, 0.2) is 0 Å². The highest BCUT2D eigenvalue weighted by atomic mass is 35.6. The molecule has 0 spiro atoms. The number of carbonyl (C=O) groups is 2. The second kappa shape index (κ2) is 7.18. The van der Waals surface area contributed by atoms with Crippen LogP contribution >= 0.6 is 46.4 Å². The Labute approximate surface area is 152 Å². The van der Waals surface area contributed by atoms with Crippen molar-refractivity contribution in [2.24, 2.45) is 0 Å². The van der Waals surface area contributed by atoms with Crippen molar-refractivity contribution in [1.82, 2.24) is 10.6 Å². The van der Waals surface area contributed by atoms with Crippen molar-refractivity contribution in [2.45, 2.75) is 16.8 Å². The molecule has 1 heterocycles. The third-order valence-corrected chi connectivity index (χ3v) is 3.60. The van der Waals surface area contributed by atoms with E-state index in [1.165, 1.54) is 0 Å². The second-order valence-corrected chi connectivity index (χ2v) is 7.77. The van der Waals surface area contributed by atoms with Gasteiger partial charge in [-0.1, -0.05) is 58.5 Å². The first-order valence-corrected chi connectivity index (χ1v) is 7.96. The van der Waals surface area contributed by atoms with Gasteiger partial charge in [-0.05, 0) is 24.6 Å². The van der Waals surface area contributed by atoms with Crippen molar-refractivity contribution in [2.75, 3.05) is 6.61 Å². The van der Waals surface area contributed by atoms with Gasteiger partial charge in [-0.15, -0.1) is 0 Å². The van der Waals surface area contributed by atoms with Crippen molar-refractivity contribution >= 4 is 58.4 Å². The molecule has 0 saturated carbocycles. The predicted molar refractivity (Wildman–Crippen MR) is 89.8 cm³/mol. The van der Waals surface area contributed by atoms with Crippen LogP contribution in [0.3, 0.4) is 0 Å². The summed E-state index contributed by atoms with van der Waals surface area (Å²) in [5.74, 6) is -0.702. The molecule has 0 radical (unpaired) electrons. The molecule has 2 rings (SSSR count). The van der Waals surface area contributed by atoms with Gasteiger partial charge in [-0.25, -0.2) is 9.59 Å². The summed E-state index contributed by atoms with van der Waals surface area (Å²) in [6.45, 7) is 1.17. The fourth-order valence-electron chi connectivity index (χ4n) is 2.13. The van der Waals surface area contributed by atoms with E-state index in [4.69, 9.17) is 51.1 Å². The number of carbonyl (C=O) groups excluding carboxylic acids is 2. The number of benzene rings is 1. The molecule has 2 amide bonds. The van der Waals surface area contributed by atoms with Gasteiger partial charge in [-0.2, -0.15) is 0 Å². The Balaban J connectivity index is 2.33. The molecule has 1 aromatic rings. The molecule has 0 unspecified atom stereocenters. The number of esters is 1. The van der Waals surface area contributed by atoms with Crippen molar-refractivity contribution in [1.29, 1.82) is 0 Å². The molecule has 2 N–H and O–H groups in total. The first-order valence-electron chi connectivity index (χ1n) is 6.45. The summed E-state index contributed by atoms with van der Waals surface area (Å²) in [5, 5.41) is 5.64. The van der Waals surface area contributed by atoms with Gasteiger partial charge in [0.1, 0.15) is 6.61 Å². The van der Waals surface area contributed by atoms with Crippen LogP contribution in [0.2, 0.25) is 5.02 Å². The molecule has 0 bridgehead atoms. The van der Waals surface area contributed by atoms with Gasteiger partial charge in [0.05, 0.1) is 11.6 Å². The van der Waals surface area contributed by atoms with Crippen molar-refractivity contribution < 1.29 is 14.3 Å². The van der Waals surface area contributed by atoms with E-state index in [2.05, 4.69) is 10.6 Å². The highest BCUT2D eigenvalue weighted by Crippen LogP contribution is 2.31. The van der Waals surface area contributed by atoms with E-state index < -0.39 is 28.4 Å². The molecule has 124 valence electrons. The van der Waals surface area contributed by atoms with E-state index in [-0.39, 0.29) is 5.57 Å². The lowest BCUT2D eigenvalue weighted by Gasteiger charge is -2.28. The third kappa shape index (κ3) is 4.91. The third-order valence-electron chi connectivity index (χ3n) is 3.04. The number of urea groups is 1. The van der Waals surface area contributed by atoms with Gasteiger partial charge >= 0.3 is 12.0 Å². The van der Waals surface area contributed by atoms with Crippen molar-refractivity contribution in [3.05, 3.63) is 46.1 Å². The van der Waals surface area contributed by atoms with E-state index in [1.54, 1.807) is 31.2 Å². The Morgan fingerprint density at radius 1 is 1.35 bits per heavy atom. The van der Waals surface area contributed by atoms with Crippen molar-refractivity contribution in [3.63, 3.8) is 0 Å². The average Bonchev–Trinajstić information content (AvgIpc) is 2.43. The maximum atomic E-state index is 12.4. The molecule has 1 atom stereocenters. The van der Waals surface area contributed by atoms with Crippen LogP contribution in [0.15, 0.2) is 35.5 Å². The predicted octanol–water partition coefficient (Wildman–Crippen LogP) is 3.88. The number of nitrogens with one attached hydrogen (secondary N) is 2. The van der Waals surface area contributed by atoms with E-state index in [1.807, 2.05) is 0 Å². The summed E-state index contributed by atoms with van der Waals surface area (Å²) in [6.07, 6.45) is 0. The van der Waals surface area contributed by atoms with E-state index >= 15 is 0 Å². The standard InChI is InChI=1S/C14H12Cl4N2O3/c1-7-10(12(21)23-6-14(16,17)18)11(20-13(22)19-7)8-3-2-4-9(15)5-8/h2-5,11H,6H2,1H3,(H2,19,20,22)/t11-/m1/s1. The van der Waals surface area contributed by atoms with Crippen LogP contribution in [-0.2, 0) is 9.53 Å². The maximum absolute atomic E-state index is 12.4. The number of allylic oxidation sites excluding steroid dienone is 1. The molecule has 0 fully saturated rings. The monoisotopic (exact) mass is 396 g/mol. The fraction of sp³-hybridized carbons (Fsp3) is 0.286. The van der Waals surface area contributed by atoms with Gasteiger partial charge in [-0.3, -0.25) is 0 Å². The summed E-state index contributed by atoms with van der Waals surface area (Å²) in [6, 6.07) is 5.62. The second-order valence-electron chi connectivity index (χ2n) is 4.82. The summed E-state index contributed by atoms with van der Waals surface area (Å²) < 4.78 is 3.30. The van der Waals surface area contributed by atoms with E-state index in [0.29, 0.717) is 16.3 Å². The molecular weight excluding hydrogens is 386 g/mol. The quantitative estimate of drug-likeness (QED) is 0.600. The lowest BCUT2D eigenvalue weighted by molar-refractivity contribution is -0.139. The summed E-state index contributed by atoms with van der Waals surface area (Å²) in [7, 11) is 0. The molecule has 23 heavy (non-hydrogen) atoms. The molecule has 0 aliphatic carbocycles. The molecule has 5 nitrogen and oxygen atoms in total. The lowest BCUT2D eigenvalue weighted by atomic mass is 9.96. The SMILES string of the molecule is CC1=C(C(=O)OCC(Cl)(Cl)Cl)[C@@H](c2cccc(Cl)c2)NC(=O)N1. The zero-order chi connectivity index (χ0) is 17.2. The molecule has 9 heteroatoms. The number of rotatable bonds is 3. The lowest BCUT2D eigenvalue weighted by Crippen LogP contribution is -2.45. The first-order chi connectivity index (χ1) is 10.7. The minimum absolute atomic E-state index is 0.209. The summed E-state index contributed by atoms with van der Waals surface area (Å²) >= 11 is 22.7. The fourth-order valence-corrected chi connectivity index (χ4v) is 2.49. The Hall–Kier alpha value is -1.14. The maximum Gasteiger partial charge on any atom is 0.338 e. The van der Waals surface area contributed by atoms with Gasteiger partial charge < -0.3 is 15.4 Å². The van der Waals surface area contributed by atoms with Crippen LogP contribution in [0.1, 0.15) is 18.5 Å². The van der Waals surface area contributed by atoms with Crippen LogP contribution in [-0.4, -0.2) is 22.4 Å². The Kier molecular flexibility index (Phi) is 5.68. The van der Waals surface area contributed by atoms with Gasteiger partial charge in [0.25, 0.3) is 0 Å². The zero-order valence-corrected chi connectivity index (χ0v) is 14.9. The van der Waals surface area contributed by atoms with Crippen molar-refractivity contribution in [3.8, 4) is 0 Å². The molecule has 1 aromatic carbocycles. The molecular formula is C14H12Cl4N2O3. The number of hydrogen-bond donors (Lipinski definition) is 2. The average molecular weight is 398 g/mol. The number of amides is 2. The minimum Gasteiger partial charge on any atom is -0.458 e. The Morgan fingerprint density at radius 3 is 2.65 bits per heavy atom. The van der Waals surface area contributed by atoms with Crippen LogP contribution in [0.5, 0.6) is 0 Å². The van der Waals surface area contributed by atoms with Gasteiger partial charge in [0.2, 0.25) is 3.79 Å². The summed E-state index contributed by atoms with van der Waals surface area (Å²) in [5.41, 5.74) is 1.20. The molecule has 0 saturated heterocycles. The highest BCUT2D eigenvalue weighted by molar-refractivity contribution is 6.67. The number of ether oxygens (including phenoxy) is 1. The minimum atomic E-state index is -1.72. The zero-order valence-electron chi connectivity index (χ0n) is 11.8. The van der Waals surface area contributed by atoms with E-state index in [0.717, 1.165) is 0 Å². The Morgan fingerprint density at radius 2 is 2.04 bits per heavy atom. The largest absolute Gasteiger partial charge is 0.458 e. The van der Waals surface area contributed by atoms with Crippen LogP contribution in [0.4, 0.5) is 4.79 Å². The number of alkyl halides is 3. The van der Waals surface area contributed by atoms with Crippen LogP contribution < -0.4 is 10.6 Å². The van der Waals surface area contributed by atoms with Crippen LogP contribution in [0, 0.1) is 0 Å². The van der Waals surface area contributed by atoms with E-state index in [9.17, 15) is 9.59 Å². The van der Waals surface area contributed by atoms with Gasteiger partial charge in [0, 0.05) is 10.7 Å². The molecule has 1 aliphatic rings. The topological polar surface area (TPSA) is 67.4 Å². The Bertz CT molecular complexity index is 670. The van der Waals surface area contributed by atoms with Crippen LogP contribution in [0.25, 0.3) is 0 Å². The number of hydrogen-bond acceptors (Lipinski definition) is 3. The number of halogens is 4.